The van der Waals surface area contributed by atoms with Crippen molar-refractivity contribution in [3.05, 3.63) is 29.3 Å². The van der Waals surface area contributed by atoms with Crippen molar-refractivity contribution in [2.45, 2.75) is 44.8 Å². The Bertz CT molecular complexity index is 595. The van der Waals surface area contributed by atoms with E-state index in [2.05, 4.69) is 15.5 Å². The van der Waals surface area contributed by atoms with Gasteiger partial charge in [-0.2, -0.15) is 0 Å². The van der Waals surface area contributed by atoms with Gasteiger partial charge in [0, 0.05) is 10.6 Å². The highest BCUT2D eigenvalue weighted by molar-refractivity contribution is 6.30. The van der Waals surface area contributed by atoms with E-state index in [1.54, 1.807) is 4.68 Å². The van der Waals surface area contributed by atoms with Crippen LogP contribution in [-0.4, -0.2) is 31.4 Å². The van der Waals surface area contributed by atoms with Gasteiger partial charge >= 0.3 is 0 Å². The summed E-state index contributed by atoms with van der Waals surface area (Å²) in [5, 5.41) is 22.9. The minimum absolute atomic E-state index is 0.357. The van der Waals surface area contributed by atoms with Crippen LogP contribution in [0.1, 0.15) is 32.1 Å². The molecule has 0 bridgehead atoms. The molecule has 1 saturated carbocycles. The Morgan fingerprint density at radius 2 is 2.10 bits per heavy atom. The number of aliphatic hydroxyl groups excluding tert-OH is 1. The summed E-state index contributed by atoms with van der Waals surface area (Å²) in [6.07, 6.45) is 5.48. The van der Waals surface area contributed by atoms with E-state index in [1.165, 1.54) is 19.3 Å². The minimum Gasteiger partial charge on any atom is -0.391 e. The molecule has 0 amide bonds. The topological polar surface area (TPSA) is 63.8 Å². The van der Waals surface area contributed by atoms with Gasteiger partial charge in [0.25, 0.3) is 0 Å². The minimum atomic E-state index is -0.397. The molecule has 1 N–H and O–H groups in total. The maximum Gasteiger partial charge on any atom is 0.182 e. The summed E-state index contributed by atoms with van der Waals surface area (Å²) in [6, 6.07) is 7.43. The van der Waals surface area contributed by atoms with E-state index in [9.17, 15) is 5.11 Å². The molecule has 1 aromatic heterocycles. The fourth-order valence-electron chi connectivity index (χ4n) is 3.01. The lowest BCUT2D eigenvalue weighted by Crippen LogP contribution is -2.28. The Kier molecular flexibility index (Phi) is 4.51. The average molecular weight is 307 g/mol. The first kappa shape index (κ1) is 14.5. The molecule has 0 radical (unpaired) electrons. The van der Waals surface area contributed by atoms with E-state index in [-0.39, 0.29) is 0 Å². The summed E-state index contributed by atoms with van der Waals surface area (Å²) in [5.74, 6) is 1.00. The van der Waals surface area contributed by atoms with E-state index >= 15 is 0 Å². The molecule has 0 aliphatic heterocycles. The molecule has 1 unspecified atom stereocenters. The Morgan fingerprint density at radius 3 is 2.86 bits per heavy atom. The molecule has 0 spiro atoms. The first-order valence-corrected chi connectivity index (χ1v) is 7.82. The van der Waals surface area contributed by atoms with Crippen molar-refractivity contribution in [2.75, 3.05) is 0 Å². The Hall–Kier alpha value is -1.46. The fraction of sp³-hybridized carbons (Fsp3) is 0.533. The lowest BCUT2D eigenvalue weighted by molar-refractivity contribution is 0.0664. The zero-order valence-electron chi connectivity index (χ0n) is 11.8. The van der Waals surface area contributed by atoms with Gasteiger partial charge in [-0.15, -0.1) is 5.10 Å². The number of aliphatic hydroxyl groups is 1. The van der Waals surface area contributed by atoms with Gasteiger partial charge in [-0.3, -0.25) is 0 Å². The predicted octanol–water partition coefficient (Wildman–Crippen LogP) is 2.93. The van der Waals surface area contributed by atoms with Crippen LogP contribution >= 0.6 is 11.6 Å². The van der Waals surface area contributed by atoms with Gasteiger partial charge in [-0.1, -0.05) is 43.0 Å². The van der Waals surface area contributed by atoms with Gasteiger partial charge < -0.3 is 5.11 Å². The second-order valence-corrected chi connectivity index (χ2v) is 6.10. The van der Waals surface area contributed by atoms with Gasteiger partial charge in [0.2, 0.25) is 0 Å². The SMILES string of the molecule is OC(Cn1nnnc1-c1cccc(Cl)c1)C1CCCCC1. The summed E-state index contributed by atoms with van der Waals surface area (Å²) in [7, 11) is 0. The first-order chi connectivity index (χ1) is 10.2. The molecule has 1 atom stereocenters. The van der Waals surface area contributed by atoms with Crippen LogP contribution in [0.15, 0.2) is 24.3 Å². The largest absolute Gasteiger partial charge is 0.391 e. The molecule has 1 aliphatic rings. The number of tetrazole rings is 1. The van der Waals surface area contributed by atoms with E-state index in [0.29, 0.717) is 23.3 Å². The molecule has 5 nitrogen and oxygen atoms in total. The van der Waals surface area contributed by atoms with Crippen molar-refractivity contribution in [1.82, 2.24) is 20.2 Å². The fourth-order valence-corrected chi connectivity index (χ4v) is 3.20. The third-order valence-electron chi connectivity index (χ3n) is 4.17. The Balaban J connectivity index is 1.76. The molecular formula is C15H19ClN4O. The summed E-state index contributed by atoms with van der Waals surface area (Å²) in [4.78, 5) is 0. The van der Waals surface area contributed by atoms with Crippen LogP contribution in [0.3, 0.4) is 0 Å². The molecule has 112 valence electrons. The maximum absolute atomic E-state index is 10.4. The molecule has 1 aromatic carbocycles. The highest BCUT2D eigenvalue weighted by Gasteiger charge is 2.23. The van der Waals surface area contributed by atoms with Crippen molar-refractivity contribution in [3.8, 4) is 11.4 Å². The zero-order valence-corrected chi connectivity index (χ0v) is 12.6. The third-order valence-corrected chi connectivity index (χ3v) is 4.40. The number of hydrogen-bond donors (Lipinski definition) is 1. The van der Waals surface area contributed by atoms with Gasteiger partial charge in [-0.25, -0.2) is 4.68 Å². The third kappa shape index (κ3) is 3.41. The van der Waals surface area contributed by atoms with Crippen molar-refractivity contribution < 1.29 is 5.11 Å². The van der Waals surface area contributed by atoms with E-state index in [0.717, 1.165) is 18.4 Å². The van der Waals surface area contributed by atoms with Gasteiger partial charge in [-0.05, 0) is 41.3 Å². The number of benzene rings is 1. The van der Waals surface area contributed by atoms with Crippen molar-refractivity contribution in [3.63, 3.8) is 0 Å². The van der Waals surface area contributed by atoms with Gasteiger partial charge in [0.1, 0.15) is 0 Å². The monoisotopic (exact) mass is 306 g/mol. The maximum atomic E-state index is 10.4. The summed E-state index contributed by atoms with van der Waals surface area (Å²) >= 11 is 6.01. The molecule has 1 fully saturated rings. The lowest BCUT2D eigenvalue weighted by atomic mass is 9.85. The Labute approximate surface area is 128 Å². The van der Waals surface area contributed by atoms with Crippen molar-refractivity contribution >= 4 is 11.6 Å². The van der Waals surface area contributed by atoms with Gasteiger partial charge in [0.05, 0.1) is 12.6 Å². The number of rotatable bonds is 4. The molecular weight excluding hydrogens is 288 g/mol. The van der Waals surface area contributed by atoms with Crippen LogP contribution in [0.4, 0.5) is 0 Å². The quantitative estimate of drug-likeness (QED) is 0.943. The molecule has 2 aromatic rings. The summed E-state index contributed by atoms with van der Waals surface area (Å²) in [5.41, 5.74) is 0.864. The lowest BCUT2D eigenvalue weighted by Gasteiger charge is -2.26. The standard InChI is InChI=1S/C15H19ClN4O/c16-13-8-4-7-12(9-13)15-17-18-19-20(15)10-14(21)11-5-2-1-3-6-11/h4,7-9,11,14,21H,1-3,5-6,10H2. The summed E-state index contributed by atoms with van der Waals surface area (Å²) < 4.78 is 1.67. The second kappa shape index (κ2) is 6.54. The number of aromatic nitrogens is 4. The molecule has 3 rings (SSSR count). The second-order valence-electron chi connectivity index (χ2n) is 5.66. The zero-order chi connectivity index (χ0) is 14.7. The van der Waals surface area contributed by atoms with Crippen LogP contribution in [0, 0.1) is 5.92 Å². The summed E-state index contributed by atoms with van der Waals surface area (Å²) in [6.45, 7) is 0.430. The number of halogens is 1. The molecule has 0 saturated heterocycles. The highest BCUT2D eigenvalue weighted by Crippen LogP contribution is 2.28. The van der Waals surface area contributed by atoms with Crippen LogP contribution in [0.5, 0.6) is 0 Å². The molecule has 1 aliphatic carbocycles. The van der Waals surface area contributed by atoms with Crippen LogP contribution in [0.25, 0.3) is 11.4 Å². The van der Waals surface area contributed by atoms with Gasteiger partial charge in [0.15, 0.2) is 5.82 Å². The Morgan fingerprint density at radius 1 is 1.29 bits per heavy atom. The van der Waals surface area contributed by atoms with Crippen molar-refractivity contribution in [2.24, 2.45) is 5.92 Å². The van der Waals surface area contributed by atoms with E-state index in [1.807, 2.05) is 24.3 Å². The smallest absolute Gasteiger partial charge is 0.182 e. The van der Waals surface area contributed by atoms with Crippen LogP contribution in [0.2, 0.25) is 5.02 Å². The molecule has 6 heteroatoms. The van der Waals surface area contributed by atoms with Crippen molar-refractivity contribution in [1.29, 1.82) is 0 Å². The average Bonchev–Trinajstić information content (AvgIpc) is 2.96. The predicted molar refractivity (Wildman–Crippen MR) is 80.8 cm³/mol. The van der Waals surface area contributed by atoms with Crippen LogP contribution < -0.4 is 0 Å². The first-order valence-electron chi connectivity index (χ1n) is 7.44. The highest BCUT2D eigenvalue weighted by atomic mass is 35.5. The molecule has 21 heavy (non-hydrogen) atoms. The molecule has 1 heterocycles. The number of hydrogen-bond acceptors (Lipinski definition) is 4. The number of nitrogens with zero attached hydrogens (tertiary/aromatic N) is 4. The van der Waals surface area contributed by atoms with E-state index in [4.69, 9.17) is 11.6 Å². The van der Waals surface area contributed by atoms with E-state index < -0.39 is 6.10 Å². The van der Waals surface area contributed by atoms with Crippen LogP contribution in [-0.2, 0) is 6.54 Å². The normalized spacial score (nSPS) is 17.8.